The molecule has 0 amide bonds. The van der Waals surface area contributed by atoms with Gasteiger partial charge >= 0.3 is 10.2 Å². The van der Waals surface area contributed by atoms with E-state index in [0.29, 0.717) is 22.2 Å². The molecule has 2 heterocycles. The van der Waals surface area contributed by atoms with E-state index in [0.717, 1.165) is 25.9 Å². The Hall–Kier alpha value is -1.93. The fraction of sp³-hybridized carbons (Fsp3) is 0.400. The number of piperidine rings is 1. The number of fused-ring (bicyclic) bond motifs is 1. The van der Waals surface area contributed by atoms with Gasteiger partial charge in [-0.25, -0.2) is 0 Å². The van der Waals surface area contributed by atoms with E-state index in [1.54, 1.807) is 13.0 Å². The summed E-state index contributed by atoms with van der Waals surface area (Å²) in [5, 5.41) is 6.96. The monoisotopic (exact) mass is 339 g/mol. The maximum Gasteiger partial charge on any atom is 0.332 e. The number of aromatic amines is 1. The van der Waals surface area contributed by atoms with Crippen molar-refractivity contribution >= 4 is 26.8 Å². The van der Waals surface area contributed by atoms with Crippen molar-refractivity contribution in [3.05, 3.63) is 34.1 Å². The van der Waals surface area contributed by atoms with Crippen LogP contribution >= 0.6 is 0 Å². The van der Waals surface area contributed by atoms with Crippen LogP contribution < -0.4 is 16.2 Å². The van der Waals surface area contributed by atoms with Crippen molar-refractivity contribution < 1.29 is 12.3 Å². The predicted molar refractivity (Wildman–Crippen MR) is 87.1 cm³/mol. The molecule has 8 heteroatoms. The van der Waals surface area contributed by atoms with E-state index in [2.05, 4.69) is 15.6 Å². The predicted octanol–water partition coefficient (Wildman–Crippen LogP) is 1.66. The van der Waals surface area contributed by atoms with Crippen LogP contribution in [-0.2, 0) is 10.2 Å². The van der Waals surface area contributed by atoms with Gasteiger partial charge in [-0.3, -0.25) is 4.79 Å². The molecule has 0 unspecified atom stereocenters. The summed E-state index contributed by atoms with van der Waals surface area (Å²) in [6.45, 7) is 3.33. The van der Waals surface area contributed by atoms with E-state index in [1.165, 1.54) is 12.1 Å². The Balaban J connectivity index is 2.15. The van der Waals surface area contributed by atoms with Crippen LogP contribution in [0, 0.1) is 6.92 Å². The minimum absolute atomic E-state index is 0.141. The number of aromatic nitrogens is 1. The molecule has 1 aliphatic rings. The summed E-state index contributed by atoms with van der Waals surface area (Å²) >= 11 is 0. The second-order valence-electron chi connectivity index (χ2n) is 5.82. The van der Waals surface area contributed by atoms with Crippen LogP contribution in [0.3, 0.4) is 0 Å². The lowest BCUT2D eigenvalue weighted by atomic mass is 10.1. The number of pyridine rings is 1. The number of anilines is 1. The summed E-state index contributed by atoms with van der Waals surface area (Å²) in [7, 11) is -4.82. The number of aryl methyl sites for hydroxylation is 1. The summed E-state index contributed by atoms with van der Waals surface area (Å²) in [4.78, 5) is 14.2. The van der Waals surface area contributed by atoms with Gasteiger partial charge in [0.05, 0.1) is 11.2 Å². The van der Waals surface area contributed by atoms with Gasteiger partial charge in [-0.1, -0.05) is 0 Å². The molecule has 124 valence electrons. The zero-order chi connectivity index (χ0) is 16.6. The Morgan fingerprint density at radius 2 is 1.91 bits per heavy atom. The van der Waals surface area contributed by atoms with Crippen LogP contribution in [-0.4, -0.2) is 32.5 Å². The van der Waals surface area contributed by atoms with Crippen molar-refractivity contribution in [1.29, 1.82) is 0 Å². The average molecular weight is 339 g/mol. The normalized spacial score (nSPS) is 16.6. The lowest BCUT2D eigenvalue weighted by Crippen LogP contribution is -2.35. The van der Waals surface area contributed by atoms with Gasteiger partial charge in [-0.2, -0.15) is 8.42 Å². The van der Waals surface area contributed by atoms with Crippen molar-refractivity contribution in [1.82, 2.24) is 10.3 Å². The highest BCUT2D eigenvalue weighted by Crippen LogP contribution is 2.28. The van der Waals surface area contributed by atoms with Gasteiger partial charge < -0.3 is 15.6 Å². The standard InChI is InChI=1S/C15H18FN3O3S/c1-9-6-10-7-12(23(16,21)22)8-13(14(10)19-15(9)20)18-11-2-4-17-5-3-11/h6-8,11,17-18H,2-5H2,1H3,(H,19,20). The third kappa shape index (κ3) is 3.37. The minimum Gasteiger partial charge on any atom is -0.380 e. The molecule has 0 radical (unpaired) electrons. The highest BCUT2D eigenvalue weighted by molar-refractivity contribution is 7.86. The maximum absolute atomic E-state index is 13.5. The summed E-state index contributed by atoms with van der Waals surface area (Å²) in [6, 6.07) is 4.18. The van der Waals surface area contributed by atoms with Gasteiger partial charge in [0.1, 0.15) is 4.90 Å². The van der Waals surface area contributed by atoms with Crippen LogP contribution in [0.25, 0.3) is 10.9 Å². The lowest BCUT2D eigenvalue weighted by molar-refractivity contribution is 0.479. The Morgan fingerprint density at radius 3 is 2.57 bits per heavy atom. The number of nitrogens with one attached hydrogen (secondary N) is 3. The molecule has 0 spiro atoms. The van der Waals surface area contributed by atoms with Crippen molar-refractivity contribution in [3.8, 4) is 0 Å². The minimum atomic E-state index is -4.82. The highest BCUT2D eigenvalue weighted by atomic mass is 32.3. The summed E-state index contributed by atoms with van der Waals surface area (Å²) < 4.78 is 36.0. The molecular formula is C15H18FN3O3S. The molecule has 3 N–H and O–H groups in total. The van der Waals surface area contributed by atoms with E-state index in [-0.39, 0.29) is 11.6 Å². The summed E-state index contributed by atoms with van der Waals surface area (Å²) in [6.07, 6.45) is 1.73. The fourth-order valence-corrected chi connectivity index (χ4v) is 3.37. The molecule has 1 aromatic heterocycles. The van der Waals surface area contributed by atoms with Crippen LogP contribution in [0.1, 0.15) is 18.4 Å². The van der Waals surface area contributed by atoms with Crippen molar-refractivity contribution in [2.24, 2.45) is 0 Å². The molecule has 1 aromatic carbocycles. The molecule has 1 aliphatic heterocycles. The smallest absolute Gasteiger partial charge is 0.332 e. The number of halogens is 1. The molecular weight excluding hydrogens is 321 g/mol. The molecule has 6 nitrogen and oxygen atoms in total. The molecule has 0 bridgehead atoms. The molecule has 0 aliphatic carbocycles. The van der Waals surface area contributed by atoms with Crippen LogP contribution in [0.5, 0.6) is 0 Å². The Kier molecular flexibility index (Phi) is 4.11. The van der Waals surface area contributed by atoms with Crippen molar-refractivity contribution in [2.75, 3.05) is 18.4 Å². The molecule has 0 atom stereocenters. The number of hydrogen-bond acceptors (Lipinski definition) is 5. The zero-order valence-electron chi connectivity index (χ0n) is 12.6. The third-order valence-electron chi connectivity index (χ3n) is 4.09. The first-order valence-corrected chi connectivity index (χ1v) is 8.82. The molecule has 23 heavy (non-hydrogen) atoms. The van der Waals surface area contributed by atoms with Crippen molar-refractivity contribution in [3.63, 3.8) is 0 Å². The molecule has 1 saturated heterocycles. The number of benzene rings is 1. The van der Waals surface area contributed by atoms with E-state index < -0.39 is 15.1 Å². The first kappa shape index (κ1) is 15.9. The summed E-state index contributed by atoms with van der Waals surface area (Å²) in [5.41, 5.74) is 1.12. The van der Waals surface area contributed by atoms with Crippen LogP contribution in [0.2, 0.25) is 0 Å². The molecule has 1 fully saturated rings. The lowest BCUT2D eigenvalue weighted by Gasteiger charge is -2.25. The van der Waals surface area contributed by atoms with E-state index >= 15 is 0 Å². The van der Waals surface area contributed by atoms with Gasteiger partial charge in [-0.15, -0.1) is 3.89 Å². The Bertz CT molecular complexity index is 902. The van der Waals surface area contributed by atoms with E-state index in [4.69, 9.17) is 0 Å². The van der Waals surface area contributed by atoms with Gasteiger partial charge in [-0.05, 0) is 51.1 Å². The zero-order valence-corrected chi connectivity index (χ0v) is 13.5. The number of rotatable bonds is 3. The van der Waals surface area contributed by atoms with E-state index in [1.807, 2.05) is 0 Å². The largest absolute Gasteiger partial charge is 0.380 e. The maximum atomic E-state index is 13.5. The number of hydrogen-bond donors (Lipinski definition) is 3. The molecule has 2 aromatic rings. The Morgan fingerprint density at radius 1 is 1.22 bits per heavy atom. The SMILES string of the molecule is Cc1cc2cc(S(=O)(=O)F)cc(NC3CCNCC3)c2[nH]c1=O. The van der Waals surface area contributed by atoms with E-state index in [9.17, 15) is 17.1 Å². The third-order valence-corrected chi connectivity index (χ3v) is 4.89. The van der Waals surface area contributed by atoms with Crippen molar-refractivity contribution in [2.45, 2.75) is 30.7 Å². The molecule has 0 saturated carbocycles. The summed E-state index contributed by atoms with van der Waals surface area (Å²) in [5.74, 6) is 0. The first-order chi connectivity index (χ1) is 10.8. The topological polar surface area (TPSA) is 91.1 Å². The van der Waals surface area contributed by atoms with Crippen LogP contribution in [0.4, 0.5) is 9.57 Å². The van der Waals surface area contributed by atoms with Gasteiger partial charge in [0.2, 0.25) is 0 Å². The fourth-order valence-electron chi connectivity index (χ4n) is 2.84. The molecule has 3 rings (SSSR count). The Labute approximate surface area is 133 Å². The number of H-pyrrole nitrogens is 1. The average Bonchev–Trinajstić information content (AvgIpc) is 2.49. The van der Waals surface area contributed by atoms with Gasteiger partial charge in [0.25, 0.3) is 5.56 Å². The van der Waals surface area contributed by atoms with Gasteiger partial charge in [0, 0.05) is 17.0 Å². The second kappa shape index (κ2) is 5.93. The van der Waals surface area contributed by atoms with Crippen LogP contribution in [0.15, 0.2) is 27.9 Å². The highest BCUT2D eigenvalue weighted by Gasteiger charge is 2.19. The quantitative estimate of drug-likeness (QED) is 0.740. The first-order valence-electron chi connectivity index (χ1n) is 7.44. The second-order valence-corrected chi connectivity index (χ2v) is 7.17. The van der Waals surface area contributed by atoms with Gasteiger partial charge in [0.15, 0.2) is 0 Å².